The largest absolute Gasteiger partial charge is 0.395 e. The van der Waals surface area contributed by atoms with Crippen LogP contribution in [0.5, 0.6) is 0 Å². The summed E-state index contributed by atoms with van der Waals surface area (Å²) in [5, 5.41) is 18.5. The Labute approximate surface area is 101 Å². The Bertz CT molecular complexity index is 355. The second kappa shape index (κ2) is 6.53. The van der Waals surface area contributed by atoms with Gasteiger partial charge in [0.1, 0.15) is 0 Å². The van der Waals surface area contributed by atoms with Crippen LogP contribution in [0.4, 0.5) is 5.69 Å². The molecule has 16 heavy (non-hydrogen) atoms. The summed E-state index contributed by atoms with van der Waals surface area (Å²) in [6, 6.07) is 5.44. The zero-order valence-electron chi connectivity index (χ0n) is 9.06. The van der Waals surface area contributed by atoms with E-state index < -0.39 is 0 Å². The lowest BCUT2D eigenvalue weighted by molar-refractivity contribution is 0.282. The molecule has 0 aromatic heterocycles. The zero-order valence-corrected chi connectivity index (χ0v) is 9.82. The van der Waals surface area contributed by atoms with E-state index in [1.807, 2.05) is 11.0 Å². The zero-order chi connectivity index (χ0) is 12.0. The third-order valence-electron chi connectivity index (χ3n) is 2.29. The molecule has 3 nitrogen and oxygen atoms in total. The first-order valence-electron chi connectivity index (χ1n) is 5.09. The fraction of sp³-hybridized carbons (Fsp3) is 0.333. The Morgan fingerprint density at radius 3 is 2.62 bits per heavy atom. The Morgan fingerprint density at radius 1 is 1.38 bits per heavy atom. The minimum absolute atomic E-state index is 0.0689. The van der Waals surface area contributed by atoms with Crippen molar-refractivity contribution in [1.82, 2.24) is 0 Å². The Hall–Kier alpha value is -1.03. The minimum Gasteiger partial charge on any atom is -0.395 e. The monoisotopic (exact) mass is 241 g/mol. The summed E-state index contributed by atoms with van der Waals surface area (Å²) < 4.78 is 0. The van der Waals surface area contributed by atoms with Gasteiger partial charge in [0.2, 0.25) is 0 Å². The summed E-state index contributed by atoms with van der Waals surface area (Å²) in [4.78, 5) is 1.96. The molecule has 0 unspecified atom stereocenters. The van der Waals surface area contributed by atoms with Crippen LogP contribution in [0.25, 0.3) is 0 Å². The average Bonchev–Trinajstić information content (AvgIpc) is 2.28. The number of anilines is 1. The summed E-state index contributed by atoms with van der Waals surface area (Å²) in [5.74, 6) is 0. The van der Waals surface area contributed by atoms with Crippen molar-refractivity contribution in [1.29, 1.82) is 0 Å². The summed E-state index contributed by atoms with van der Waals surface area (Å²) in [5.41, 5.74) is 1.61. The van der Waals surface area contributed by atoms with E-state index in [1.54, 1.807) is 18.2 Å². The van der Waals surface area contributed by atoms with Crippen LogP contribution >= 0.6 is 11.6 Å². The van der Waals surface area contributed by atoms with Gasteiger partial charge in [-0.2, -0.15) is 0 Å². The third-order valence-corrected chi connectivity index (χ3v) is 2.64. The molecular weight excluding hydrogens is 226 g/mol. The van der Waals surface area contributed by atoms with Crippen molar-refractivity contribution in [3.63, 3.8) is 0 Å². The highest BCUT2D eigenvalue weighted by Gasteiger charge is 2.06. The first-order chi connectivity index (χ1) is 7.72. The summed E-state index contributed by atoms with van der Waals surface area (Å²) in [6.45, 7) is 4.85. The van der Waals surface area contributed by atoms with Gasteiger partial charge in [-0.05, 0) is 17.7 Å². The normalized spacial score (nSPS) is 10.2. The van der Waals surface area contributed by atoms with Gasteiger partial charge >= 0.3 is 0 Å². The van der Waals surface area contributed by atoms with Gasteiger partial charge in [0.15, 0.2) is 0 Å². The number of rotatable bonds is 6. The lowest BCUT2D eigenvalue weighted by Gasteiger charge is -2.22. The number of hydrogen-bond donors (Lipinski definition) is 2. The SMILES string of the molecule is C=CCN(CCO)c1ccc(CO)c(Cl)c1. The highest BCUT2D eigenvalue weighted by molar-refractivity contribution is 6.31. The van der Waals surface area contributed by atoms with Gasteiger partial charge < -0.3 is 15.1 Å². The predicted molar refractivity (Wildman–Crippen MR) is 66.9 cm³/mol. The standard InChI is InChI=1S/C12H16ClNO2/c1-2-5-14(6-7-15)11-4-3-10(9-16)12(13)8-11/h2-4,8,15-16H,1,5-7,9H2. The molecule has 0 saturated heterocycles. The second-order valence-corrected chi connectivity index (χ2v) is 3.80. The number of nitrogens with zero attached hydrogens (tertiary/aromatic N) is 1. The fourth-order valence-corrected chi connectivity index (χ4v) is 1.70. The molecule has 1 aromatic rings. The lowest BCUT2D eigenvalue weighted by Crippen LogP contribution is -2.26. The molecule has 2 N–H and O–H groups in total. The molecule has 0 aliphatic heterocycles. The van der Waals surface area contributed by atoms with Crippen LogP contribution < -0.4 is 4.90 Å². The third kappa shape index (κ3) is 3.23. The van der Waals surface area contributed by atoms with Gasteiger partial charge in [0.05, 0.1) is 13.2 Å². The summed E-state index contributed by atoms with van der Waals surface area (Å²) >= 11 is 6.00. The Kier molecular flexibility index (Phi) is 5.32. The van der Waals surface area contributed by atoms with Crippen LogP contribution in [-0.2, 0) is 6.61 Å². The maximum Gasteiger partial charge on any atom is 0.0696 e. The van der Waals surface area contributed by atoms with Crippen LogP contribution in [0.3, 0.4) is 0 Å². The van der Waals surface area contributed by atoms with Gasteiger partial charge in [-0.15, -0.1) is 6.58 Å². The molecule has 0 fully saturated rings. The van der Waals surface area contributed by atoms with Crippen LogP contribution in [0.1, 0.15) is 5.56 Å². The molecule has 0 saturated carbocycles. The predicted octanol–water partition coefficient (Wildman–Crippen LogP) is 1.82. The quantitative estimate of drug-likeness (QED) is 0.747. The van der Waals surface area contributed by atoms with E-state index in [0.29, 0.717) is 23.7 Å². The molecule has 4 heteroatoms. The van der Waals surface area contributed by atoms with Crippen LogP contribution in [0.15, 0.2) is 30.9 Å². The highest BCUT2D eigenvalue weighted by atomic mass is 35.5. The van der Waals surface area contributed by atoms with E-state index in [2.05, 4.69) is 6.58 Å². The van der Waals surface area contributed by atoms with Gasteiger partial charge in [0.25, 0.3) is 0 Å². The maximum absolute atomic E-state index is 9.00. The second-order valence-electron chi connectivity index (χ2n) is 3.39. The van der Waals surface area contributed by atoms with Crippen molar-refractivity contribution in [2.24, 2.45) is 0 Å². The maximum atomic E-state index is 9.00. The molecule has 0 aliphatic carbocycles. The summed E-state index contributed by atoms with van der Waals surface area (Å²) in [6.07, 6.45) is 1.77. The van der Waals surface area contributed by atoms with E-state index in [-0.39, 0.29) is 13.2 Å². The van der Waals surface area contributed by atoms with Crippen molar-refractivity contribution in [2.75, 3.05) is 24.6 Å². The van der Waals surface area contributed by atoms with Crippen LogP contribution in [-0.4, -0.2) is 29.9 Å². The molecule has 0 bridgehead atoms. The Morgan fingerprint density at radius 2 is 2.12 bits per heavy atom. The first-order valence-corrected chi connectivity index (χ1v) is 5.46. The molecule has 0 spiro atoms. The molecule has 0 heterocycles. The van der Waals surface area contributed by atoms with E-state index in [9.17, 15) is 0 Å². The van der Waals surface area contributed by atoms with E-state index >= 15 is 0 Å². The number of aliphatic hydroxyl groups excluding tert-OH is 2. The molecule has 0 amide bonds. The molecule has 0 atom stereocenters. The van der Waals surface area contributed by atoms with Crippen molar-refractivity contribution < 1.29 is 10.2 Å². The van der Waals surface area contributed by atoms with E-state index in [0.717, 1.165) is 5.69 Å². The molecule has 88 valence electrons. The number of halogens is 1. The molecule has 1 aromatic carbocycles. The van der Waals surface area contributed by atoms with Crippen molar-refractivity contribution in [3.05, 3.63) is 41.4 Å². The summed E-state index contributed by atoms with van der Waals surface area (Å²) in [7, 11) is 0. The van der Waals surface area contributed by atoms with Crippen molar-refractivity contribution in [3.8, 4) is 0 Å². The van der Waals surface area contributed by atoms with Crippen LogP contribution in [0, 0.1) is 0 Å². The molecule has 0 radical (unpaired) electrons. The van der Waals surface area contributed by atoms with Gasteiger partial charge in [-0.1, -0.05) is 23.7 Å². The van der Waals surface area contributed by atoms with Crippen LogP contribution in [0.2, 0.25) is 5.02 Å². The topological polar surface area (TPSA) is 43.7 Å². The number of hydrogen-bond acceptors (Lipinski definition) is 3. The lowest BCUT2D eigenvalue weighted by atomic mass is 10.2. The van der Waals surface area contributed by atoms with Gasteiger partial charge in [-0.3, -0.25) is 0 Å². The number of aliphatic hydroxyl groups is 2. The van der Waals surface area contributed by atoms with E-state index in [4.69, 9.17) is 21.8 Å². The molecule has 1 rings (SSSR count). The van der Waals surface area contributed by atoms with Crippen molar-refractivity contribution in [2.45, 2.75) is 6.61 Å². The first kappa shape index (κ1) is 13.0. The van der Waals surface area contributed by atoms with Gasteiger partial charge in [-0.25, -0.2) is 0 Å². The van der Waals surface area contributed by atoms with Gasteiger partial charge in [0, 0.05) is 23.8 Å². The van der Waals surface area contributed by atoms with E-state index in [1.165, 1.54) is 0 Å². The fourth-order valence-electron chi connectivity index (χ4n) is 1.46. The highest BCUT2D eigenvalue weighted by Crippen LogP contribution is 2.23. The molecular formula is C12H16ClNO2. The number of benzene rings is 1. The smallest absolute Gasteiger partial charge is 0.0696 e. The minimum atomic E-state index is -0.0689. The average molecular weight is 242 g/mol. The van der Waals surface area contributed by atoms with Crippen molar-refractivity contribution >= 4 is 17.3 Å². The Balaban J connectivity index is 2.91. The molecule has 0 aliphatic rings.